The number of halogens is 6. The summed E-state index contributed by atoms with van der Waals surface area (Å²) in [7, 11) is 0. The Labute approximate surface area is 147 Å². The SMILES string of the molecule is CC(C)(C)N(O)c1cc(N(O)C(C)(C)C)c(C(F)(F)F)cc1C(F)(F)F. The minimum absolute atomic E-state index is 0.103. The van der Waals surface area contributed by atoms with E-state index < -0.39 is 45.9 Å². The molecule has 0 unspecified atom stereocenters. The van der Waals surface area contributed by atoms with Gasteiger partial charge in [-0.25, -0.2) is 0 Å². The second kappa shape index (κ2) is 6.49. The quantitative estimate of drug-likeness (QED) is 0.503. The molecule has 4 nitrogen and oxygen atoms in total. The number of rotatable bonds is 2. The predicted molar refractivity (Wildman–Crippen MR) is 84.5 cm³/mol. The van der Waals surface area contributed by atoms with E-state index in [1.807, 2.05) is 0 Å². The van der Waals surface area contributed by atoms with Crippen molar-refractivity contribution in [2.24, 2.45) is 0 Å². The smallest absolute Gasteiger partial charge is 0.288 e. The van der Waals surface area contributed by atoms with Gasteiger partial charge in [-0.15, -0.1) is 0 Å². The Bertz CT molecular complexity index is 604. The summed E-state index contributed by atoms with van der Waals surface area (Å²) in [4.78, 5) is 0. The summed E-state index contributed by atoms with van der Waals surface area (Å²) < 4.78 is 80.1. The fourth-order valence-electron chi connectivity index (χ4n) is 2.10. The van der Waals surface area contributed by atoms with Crippen LogP contribution in [0.5, 0.6) is 0 Å². The van der Waals surface area contributed by atoms with Crippen LogP contribution < -0.4 is 10.1 Å². The third kappa shape index (κ3) is 4.73. The Kier molecular flexibility index (Phi) is 5.58. The van der Waals surface area contributed by atoms with E-state index in [4.69, 9.17) is 0 Å². The van der Waals surface area contributed by atoms with Crippen molar-refractivity contribution in [1.29, 1.82) is 0 Å². The van der Waals surface area contributed by atoms with Crippen molar-refractivity contribution >= 4 is 11.4 Å². The zero-order chi connectivity index (χ0) is 20.9. The first-order chi connectivity index (χ1) is 11.3. The van der Waals surface area contributed by atoms with Crippen LogP contribution in [0.2, 0.25) is 0 Å². The molecule has 0 amide bonds. The van der Waals surface area contributed by atoms with Crippen molar-refractivity contribution in [2.45, 2.75) is 65.0 Å². The first kappa shape index (κ1) is 22.4. The maximum Gasteiger partial charge on any atom is 0.418 e. The highest BCUT2D eigenvalue weighted by Gasteiger charge is 2.44. The second-order valence-corrected chi connectivity index (χ2v) is 7.85. The molecule has 1 aromatic carbocycles. The highest BCUT2D eigenvalue weighted by atomic mass is 19.4. The molecule has 0 aliphatic rings. The number of alkyl halides is 6. The normalized spacial score (nSPS) is 13.8. The molecule has 0 saturated carbocycles. The van der Waals surface area contributed by atoms with E-state index in [1.54, 1.807) is 0 Å². The summed E-state index contributed by atoms with van der Waals surface area (Å²) in [5.41, 5.74) is -7.58. The van der Waals surface area contributed by atoms with Crippen LogP contribution in [0.3, 0.4) is 0 Å². The number of anilines is 2. The summed E-state index contributed by atoms with van der Waals surface area (Å²) in [6.07, 6.45) is -10.3. The van der Waals surface area contributed by atoms with Crippen LogP contribution in [-0.4, -0.2) is 21.5 Å². The van der Waals surface area contributed by atoms with Crippen molar-refractivity contribution < 1.29 is 36.8 Å². The van der Waals surface area contributed by atoms with Crippen LogP contribution in [0.25, 0.3) is 0 Å². The number of nitrogens with zero attached hydrogens (tertiary/aromatic N) is 2. The first-order valence-electron chi connectivity index (χ1n) is 7.58. The van der Waals surface area contributed by atoms with Crippen LogP contribution in [0.15, 0.2) is 12.1 Å². The number of hydrogen-bond donors (Lipinski definition) is 2. The molecule has 0 aliphatic carbocycles. The van der Waals surface area contributed by atoms with Gasteiger partial charge in [-0.3, -0.25) is 20.5 Å². The largest absolute Gasteiger partial charge is 0.418 e. The Morgan fingerprint density at radius 2 is 0.885 bits per heavy atom. The molecule has 0 bridgehead atoms. The molecule has 150 valence electrons. The van der Waals surface area contributed by atoms with Gasteiger partial charge < -0.3 is 0 Å². The monoisotopic (exact) mass is 388 g/mol. The Morgan fingerprint density at radius 1 is 0.615 bits per heavy atom. The lowest BCUT2D eigenvalue weighted by Gasteiger charge is -2.37. The molecule has 1 aromatic rings. The molecule has 1 rings (SSSR count). The average molecular weight is 388 g/mol. The van der Waals surface area contributed by atoms with E-state index in [1.165, 1.54) is 41.5 Å². The van der Waals surface area contributed by atoms with E-state index in [2.05, 4.69) is 0 Å². The maximum atomic E-state index is 13.4. The fourth-order valence-corrected chi connectivity index (χ4v) is 2.10. The second-order valence-electron chi connectivity index (χ2n) is 7.85. The molecule has 0 fully saturated rings. The van der Waals surface area contributed by atoms with Gasteiger partial charge in [0.15, 0.2) is 0 Å². The zero-order valence-corrected chi connectivity index (χ0v) is 15.2. The molecule has 0 aromatic heterocycles. The zero-order valence-electron chi connectivity index (χ0n) is 15.2. The van der Waals surface area contributed by atoms with Crippen molar-refractivity contribution in [3.05, 3.63) is 23.3 Å². The van der Waals surface area contributed by atoms with Gasteiger partial charge in [0.05, 0.1) is 33.6 Å². The highest BCUT2D eigenvalue weighted by molar-refractivity contribution is 5.68. The van der Waals surface area contributed by atoms with Gasteiger partial charge in [0.1, 0.15) is 0 Å². The van der Waals surface area contributed by atoms with Crippen molar-refractivity contribution in [3.8, 4) is 0 Å². The van der Waals surface area contributed by atoms with E-state index in [-0.39, 0.29) is 16.2 Å². The van der Waals surface area contributed by atoms with Gasteiger partial charge in [-0.05, 0) is 53.7 Å². The van der Waals surface area contributed by atoms with Gasteiger partial charge in [0.2, 0.25) is 0 Å². The lowest BCUT2D eigenvalue weighted by molar-refractivity contribution is -0.143. The number of hydroxylamine groups is 2. The molecule has 0 spiro atoms. The van der Waals surface area contributed by atoms with Gasteiger partial charge in [0, 0.05) is 0 Å². The van der Waals surface area contributed by atoms with Gasteiger partial charge in [-0.1, -0.05) is 0 Å². The predicted octanol–water partition coefficient (Wildman–Crippen LogP) is 5.71. The van der Waals surface area contributed by atoms with Gasteiger partial charge in [0.25, 0.3) is 0 Å². The third-order valence-corrected chi connectivity index (χ3v) is 3.45. The highest BCUT2D eigenvalue weighted by Crippen LogP contribution is 2.46. The summed E-state index contributed by atoms with van der Waals surface area (Å²) in [6, 6.07) is 0.386. The van der Waals surface area contributed by atoms with E-state index >= 15 is 0 Å². The van der Waals surface area contributed by atoms with E-state index in [9.17, 15) is 36.8 Å². The molecule has 26 heavy (non-hydrogen) atoms. The fraction of sp³-hybridized carbons (Fsp3) is 0.625. The molecular weight excluding hydrogens is 366 g/mol. The lowest BCUT2D eigenvalue weighted by Crippen LogP contribution is -2.42. The average Bonchev–Trinajstić information content (AvgIpc) is 2.40. The standard InChI is InChI=1S/C16H22F6N2O2/c1-13(2,3)23(25)11-8-12(24(26)14(4,5)6)10(16(20,21)22)7-9(11)15(17,18)19/h7-8,25-26H,1-6H3. The van der Waals surface area contributed by atoms with Gasteiger partial charge >= 0.3 is 12.4 Å². The summed E-state index contributed by atoms with van der Waals surface area (Å²) in [5.74, 6) is 0. The van der Waals surface area contributed by atoms with Gasteiger partial charge in [-0.2, -0.15) is 26.3 Å². The molecule has 10 heteroatoms. The van der Waals surface area contributed by atoms with Crippen molar-refractivity contribution in [2.75, 3.05) is 10.1 Å². The summed E-state index contributed by atoms with van der Waals surface area (Å²) in [5, 5.41) is 20.8. The molecule has 0 saturated heterocycles. The number of benzene rings is 1. The minimum Gasteiger partial charge on any atom is -0.288 e. The molecular formula is C16H22F6N2O2. The van der Waals surface area contributed by atoms with E-state index in [0.29, 0.717) is 6.07 Å². The van der Waals surface area contributed by atoms with Crippen molar-refractivity contribution in [3.63, 3.8) is 0 Å². The summed E-state index contributed by atoms with van der Waals surface area (Å²) in [6.45, 7) is 8.28. The van der Waals surface area contributed by atoms with Crippen molar-refractivity contribution in [1.82, 2.24) is 0 Å². The minimum atomic E-state index is -5.15. The van der Waals surface area contributed by atoms with Crippen LogP contribution in [0.1, 0.15) is 52.7 Å². The number of hydrogen-bond acceptors (Lipinski definition) is 4. The Morgan fingerprint density at radius 3 is 1.08 bits per heavy atom. The first-order valence-corrected chi connectivity index (χ1v) is 7.58. The molecule has 0 radical (unpaired) electrons. The molecule has 2 N–H and O–H groups in total. The molecule has 0 atom stereocenters. The molecule has 0 heterocycles. The van der Waals surface area contributed by atoms with E-state index in [0.717, 1.165) is 0 Å². The maximum absolute atomic E-state index is 13.4. The van der Waals surface area contributed by atoms with Crippen LogP contribution >= 0.6 is 0 Å². The molecule has 0 aliphatic heterocycles. The Hall–Kier alpha value is -1.68. The summed E-state index contributed by atoms with van der Waals surface area (Å²) >= 11 is 0. The van der Waals surface area contributed by atoms with Crippen LogP contribution in [0.4, 0.5) is 37.7 Å². The Balaban J connectivity index is 3.91. The lowest BCUT2D eigenvalue weighted by atomic mass is 9.99. The van der Waals surface area contributed by atoms with Crippen LogP contribution in [-0.2, 0) is 12.4 Å². The topological polar surface area (TPSA) is 46.9 Å². The third-order valence-electron chi connectivity index (χ3n) is 3.45. The van der Waals surface area contributed by atoms with Crippen LogP contribution in [0, 0.1) is 0 Å².